The Labute approximate surface area is 152 Å². The highest BCUT2D eigenvalue weighted by Crippen LogP contribution is 2.40. The highest BCUT2D eigenvalue weighted by molar-refractivity contribution is 6.32. The molecule has 0 radical (unpaired) electrons. The summed E-state index contributed by atoms with van der Waals surface area (Å²) in [5, 5.41) is 4.55. The summed E-state index contributed by atoms with van der Waals surface area (Å²) in [7, 11) is 0. The van der Waals surface area contributed by atoms with Gasteiger partial charge in [0, 0.05) is 5.56 Å². The number of benzene rings is 1. The maximum atomic E-state index is 6.40. The molecule has 0 spiro atoms. The molecule has 25 heavy (non-hydrogen) atoms. The van der Waals surface area contributed by atoms with E-state index in [4.69, 9.17) is 31.3 Å². The van der Waals surface area contributed by atoms with E-state index in [0.717, 1.165) is 32.1 Å². The molecule has 0 amide bonds. The second-order valence-corrected chi connectivity index (χ2v) is 6.76. The van der Waals surface area contributed by atoms with Crippen molar-refractivity contribution in [1.29, 1.82) is 0 Å². The Morgan fingerprint density at radius 3 is 2.68 bits per heavy atom. The number of rotatable bonds is 7. The molecule has 1 fully saturated rings. The summed E-state index contributed by atoms with van der Waals surface area (Å²) < 4.78 is 16.8. The molecular weight excluding hydrogens is 342 g/mol. The van der Waals surface area contributed by atoms with Crippen LogP contribution in [0.25, 0.3) is 11.5 Å². The molecule has 1 heterocycles. The van der Waals surface area contributed by atoms with Crippen LogP contribution in [0.3, 0.4) is 0 Å². The van der Waals surface area contributed by atoms with Gasteiger partial charge in [0.25, 0.3) is 5.89 Å². The summed E-state index contributed by atoms with van der Waals surface area (Å²) in [5.74, 6) is 2.05. The summed E-state index contributed by atoms with van der Waals surface area (Å²) in [6, 6.07) is 3.57. The highest BCUT2D eigenvalue weighted by Gasteiger charge is 2.36. The van der Waals surface area contributed by atoms with E-state index < -0.39 is 5.54 Å². The lowest BCUT2D eigenvalue weighted by Gasteiger charge is -2.17. The van der Waals surface area contributed by atoms with Crippen LogP contribution in [-0.2, 0) is 5.54 Å². The molecule has 1 aliphatic carbocycles. The third-order valence-electron chi connectivity index (χ3n) is 4.37. The Kier molecular flexibility index (Phi) is 5.49. The zero-order valence-corrected chi connectivity index (χ0v) is 15.4. The van der Waals surface area contributed by atoms with Gasteiger partial charge in [-0.3, -0.25) is 0 Å². The molecule has 1 aromatic carbocycles. The fourth-order valence-electron chi connectivity index (χ4n) is 3.07. The molecule has 3 rings (SSSR count). The second kappa shape index (κ2) is 7.62. The average Bonchev–Trinajstić information content (AvgIpc) is 3.24. The molecule has 0 bridgehead atoms. The Hall–Kier alpha value is -1.79. The van der Waals surface area contributed by atoms with Crippen molar-refractivity contribution < 1.29 is 14.0 Å². The van der Waals surface area contributed by atoms with Crippen LogP contribution in [0.1, 0.15) is 51.8 Å². The Balaban J connectivity index is 1.93. The lowest BCUT2D eigenvalue weighted by Crippen LogP contribution is -2.34. The summed E-state index contributed by atoms with van der Waals surface area (Å²) in [6.07, 6.45) is 4.81. The van der Waals surface area contributed by atoms with E-state index in [2.05, 4.69) is 10.1 Å². The van der Waals surface area contributed by atoms with E-state index >= 15 is 0 Å². The lowest BCUT2D eigenvalue weighted by molar-refractivity contribution is 0.277. The van der Waals surface area contributed by atoms with Gasteiger partial charge < -0.3 is 19.7 Å². The van der Waals surface area contributed by atoms with E-state index in [1.807, 2.05) is 19.9 Å². The molecule has 1 aromatic heterocycles. The number of halogens is 1. The van der Waals surface area contributed by atoms with Crippen LogP contribution in [-0.4, -0.2) is 23.4 Å². The average molecular weight is 366 g/mol. The van der Waals surface area contributed by atoms with Gasteiger partial charge in [0.15, 0.2) is 17.3 Å². The zero-order valence-electron chi connectivity index (χ0n) is 14.7. The number of nitrogens with zero attached hydrogens (tertiary/aromatic N) is 2. The number of hydrogen-bond acceptors (Lipinski definition) is 6. The summed E-state index contributed by atoms with van der Waals surface area (Å²) in [6.45, 7) is 5.02. The van der Waals surface area contributed by atoms with Gasteiger partial charge in [-0.15, -0.1) is 0 Å². The van der Waals surface area contributed by atoms with Gasteiger partial charge in [-0.2, -0.15) is 4.98 Å². The number of hydrogen-bond donors (Lipinski definition) is 1. The molecular formula is C18H24ClN3O3. The van der Waals surface area contributed by atoms with Crippen LogP contribution in [0, 0.1) is 0 Å². The first-order chi connectivity index (χ1) is 12.1. The Morgan fingerprint density at radius 2 is 2.00 bits per heavy atom. The molecule has 136 valence electrons. The molecule has 1 aliphatic rings. The summed E-state index contributed by atoms with van der Waals surface area (Å²) >= 11 is 6.40. The third kappa shape index (κ3) is 3.75. The van der Waals surface area contributed by atoms with E-state index in [1.54, 1.807) is 6.07 Å². The van der Waals surface area contributed by atoms with Gasteiger partial charge in [0.1, 0.15) is 0 Å². The largest absolute Gasteiger partial charge is 0.490 e. The lowest BCUT2D eigenvalue weighted by atomic mass is 9.99. The van der Waals surface area contributed by atoms with Gasteiger partial charge in [-0.05, 0) is 38.3 Å². The van der Waals surface area contributed by atoms with Crippen LogP contribution in [0.5, 0.6) is 11.5 Å². The van der Waals surface area contributed by atoms with Crippen molar-refractivity contribution in [2.75, 3.05) is 13.2 Å². The normalized spacial score (nSPS) is 16.2. The molecule has 1 saturated carbocycles. The number of aromatic nitrogens is 2. The van der Waals surface area contributed by atoms with Gasteiger partial charge in [-0.25, -0.2) is 0 Å². The molecule has 0 aliphatic heterocycles. The minimum atomic E-state index is -0.488. The van der Waals surface area contributed by atoms with Crippen molar-refractivity contribution in [1.82, 2.24) is 10.1 Å². The van der Waals surface area contributed by atoms with E-state index in [-0.39, 0.29) is 0 Å². The van der Waals surface area contributed by atoms with Gasteiger partial charge in [-0.1, -0.05) is 36.5 Å². The molecule has 7 heteroatoms. The van der Waals surface area contributed by atoms with Crippen molar-refractivity contribution in [3.8, 4) is 23.0 Å². The van der Waals surface area contributed by atoms with Crippen molar-refractivity contribution in [2.45, 2.75) is 51.5 Å². The van der Waals surface area contributed by atoms with Crippen molar-refractivity contribution >= 4 is 11.6 Å². The monoisotopic (exact) mass is 365 g/mol. The van der Waals surface area contributed by atoms with Crippen LogP contribution in [0.4, 0.5) is 0 Å². The highest BCUT2D eigenvalue weighted by atomic mass is 35.5. The Bertz CT molecular complexity index is 726. The fraction of sp³-hybridized carbons (Fsp3) is 0.556. The maximum absolute atomic E-state index is 6.40. The van der Waals surface area contributed by atoms with Crippen LogP contribution in [0.15, 0.2) is 16.7 Å². The van der Waals surface area contributed by atoms with Crippen LogP contribution < -0.4 is 15.2 Å². The third-order valence-corrected chi connectivity index (χ3v) is 4.65. The van der Waals surface area contributed by atoms with Gasteiger partial charge in [0.05, 0.1) is 23.8 Å². The van der Waals surface area contributed by atoms with E-state index in [9.17, 15) is 0 Å². The maximum Gasteiger partial charge on any atom is 0.258 e. The van der Waals surface area contributed by atoms with Crippen molar-refractivity contribution in [3.05, 3.63) is 23.0 Å². The zero-order chi connectivity index (χ0) is 17.9. The summed E-state index contributed by atoms with van der Waals surface area (Å²) in [5.41, 5.74) is 6.61. The minimum absolute atomic E-state index is 0.386. The molecule has 6 nitrogen and oxygen atoms in total. The van der Waals surface area contributed by atoms with Gasteiger partial charge >= 0.3 is 0 Å². The van der Waals surface area contributed by atoms with Crippen LogP contribution in [0.2, 0.25) is 5.02 Å². The predicted octanol–water partition coefficient (Wildman–Crippen LogP) is 4.31. The molecule has 0 saturated heterocycles. The van der Waals surface area contributed by atoms with E-state index in [0.29, 0.717) is 47.0 Å². The molecule has 0 unspecified atom stereocenters. The second-order valence-electron chi connectivity index (χ2n) is 6.35. The molecule has 0 atom stereocenters. The quantitative estimate of drug-likeness (QED) is 0.787. The molecule has 2 aromatic rings. The smallest absolute Gasteiger partial charge is 0.258 e. The number of nitrogens with two attached hydrogens (primary N) is 1. The number of ether oxygens (including phenoxy) is 2. The molecule has 2 N–H and O–H groups in total. The first kappa shape index (κ1) is 18.0. The first-order valence-corrected chi connectivity index (χ1v) is 9.17. The van der Waals surface area contributed by atoms with Crippen molar-refractivity contribution in [2.24, 2.45) is 5.73 Å². The Morgan fingerprint density at radius 1 is 1.24 bits per heavy atom. The SMILES string of the molecule is CCCOc1c(Cl)cc(-c2nc(C3(N)CCCC3)no2)cc1OCC. The standard InChI is InChI=1S/C18H24ClN3O3/c1-3-9-24-15-13(19)10-12(11-14(15)23-4-2)16-21-17(22-25-16)18(20)7-5-6-8-18/h10-11H,3-9,20H2,1-2H3. The predicted molar refractivity (Wildman–Crippen MR) is 96.0 cm³/mol. The van der Waals surface area contributed by atoms with Crippen LogP contribution >= 0.6 is 11.6 Å². The fourth-order valence-corrected chi connectivity index (χ4v) is 3.34. The minimum Gasteiger partial charge on any atom is -0.490 e. The van der Waals surface area contributed by atoms with E-state index in [1.165, 1.54) is 0 Å². The first-order valence-electron chi connectivity index (χ1n) is 8.80. The van der Waals surface area contributed by atoms with Gasteiger partial charge in [0.2, 0.25) is 0 Å². The summed E-state index contributed by atoms with van der Waals surface area (Å²) in [4.78, 5) is 4.51. The topological polar surface area (TPSA) is 83.4 Å². The van der Waals surface area contributed by atoms with Crippen molar-refractivity contribution in [3.63, 3.8) is 0 Å².